The van der Waals surface area contributed by atoms with Crippen molar-refractivity contribution in [2.24, 2.45) is 0 Å². The molecule has 0 heterocycles. The molecule has 0 N–H and O–H groups in total. The lowest BCUT2D eigenvalue weighted by molar-refractivity contribution is -0.910. The molecule has 2 unspecified atom stereocenters. The Labute approximate surface area is 215 Å². The minimum absolute atomic E-state index is 0.508. The minimum atomic E-state index is -2.42. The van der Waals surface area contributed by atoms with E-state index in [4.69, 9.17) is 0 Å². The molecule has 0 aromatic rings. The first-order valence-corrected chi connectivity index (χ1v) is 16.1. The highest BCUT2D eigenvalue weighted by molar-refractivity contribution is 7.38. The fourth-order valence-electron chi connectivity index (χ4n) is 5.17. The van der Waals surface area contributed by atoms with Gasteiger partial charge in [0.25, 0.3) is 5.28 Å². The molecule has 0 aliphatic heterocycles. The molecule has 0 aromatic carbocycles. The molecule has 0 aromatic heterocycles. The Morgan fingerprint density at radius 2 is 0.971 bits per heavy atom. The first kappa shape index (κ1) is 33.8. The van der Waals surface area contributed by atoms with E-state index in [0.29, 0.717) is 10.9 Å². The van der Waals surface area contributed by atoms with Crippen molar-refractivity contribution in [1.29, 1.82) is 0 Å². The van der Waals surface area contributed by atoms with Gasteiger partial charge in [-0.3, -0.25) is 4.48 Å². The second-order valence-corrected chi connectivity index (χ2v) is 12.8. The molecule has 0 aliphatic carbocycles. The maximum Gasteiger partial charge on any atom is 0.376 e. The summed E-state index contributed by atoms with van der Waals surface area (Å²) in [5, 5.41) is -0.603. The lowest BCUT2D eigenvalue weighted by atomic mass is 10.0. The summed E-state index contributed by atoms with van der Waals surface area (Å²) < 4.78 is 12.5. The molecule has 0 spiro atoms. The van der Waals surface area contributed by atoms with E-state index in [2.05, 4.69) is 19.1 Å². The highest BCUT2D eigenvalue weighted by Crippen LogP contribution is 2.44. The molecule has 0 bridgehead atoms. The van der Waals surface area contributed by atoms with Crippen LogP contribution in [0.1, 0.15) is 155 Å². The monoisotopic (exact) mass is 498 g/mol. The van der Waals surface area contributed by atoms with E-state index in [1.165, 1.54) is 116 Å². The fourth-order valence-corrected chi connectivity index (χ4v) is 6.26. The quantitative estimate of drug-likeness (QED) is 0.0544. The van der Waals surface area contributed by atoms with E-state index in [0.717, 1.165) is 19.3 Å². The molecule has 202 valence electrons. The van der Waals surface area contributed by atoms with Crippen molar-refractivity contribution in [3.63, 3.8) is 0 Å². The molecular weight excluding hydrogens is 437 g/mol. The van der Waals surface area contributed by atoms with Gasteiger partial charge in [0.05, 0.1) is 21.1 Å². The second kappa shape index (κ2) is 22.0. The Hall–Kier alpha value is -0.240. The summed E-state index contributed by atoms with van der Waals surface area (Å²) in [6.07, 6.45) is 33.1. The van der Waals surface area contributed by atoms with Crippen LogP contribution in [0.4, 0.5) is 0 Å². The summed E-state index contributed by atoms with van der Waals surface area (Å²) in [7, 11) is 3.62. The average molecular weight is 499 g/mol. The molecule has 3 nitrogen and oxygen atoms in total. The maximum absolute atomic E-state index is 12.0. The van der Waals surface area contributed by atoms with Crippen LogP contribution in [0.3, 0.4) is 0 Å². The Balaban J connectivity index is 3.49. The highest BCUT2D eigenvalue weighted by atomic mass is 31.1. The van der Waals surface area contributed by atoms with Gasteiger partial charge < -0.3 is 4.89 Å². The molecule has 2 atom stereocenters. The maximum atomic E-state index is 12.0. The molecule has 0 saturated carbocycles. The molecule has 0 amide bonds. The van der Waals surface area contributed by atoms with Crippen LogP contribution < -0.4 is 4.89 Å². The molecule has 0 saturated heterocycles. The number of hydrogen-bond acceptors (Lipinski definition) is 2. The van der Waals surface area contributed by atoms with Gasteiger partial charge in [0.15, 0.2) is 0 Å². The Morgan fingerprint density at radius 1 is 0.618 bits per heavy atom. The lowest BCUT2D eigenvalue weighted by Crippen LogP contribution is -2.55. The predicted molar refractivity (Wildman–Crippen MR) is 150 cm³/mol. The van der Waals surface area contributed by atoms with Crippen molar-refractivity contribution in [2.45, 2.75) is 160 Å². The van der Waals surface area contributed by atoms with Crippen molar-refractivity contribution in [3.05, 3.63) is 12.2 Å². The molecule has 0 fully saturated rings. The van der Waals surface area contributed by atoms with E-state index in [1.807, 2.05) is 28.1 Å². The molecule has 0 aliphatic rings. The number of nitrogens with zero attached hydrogens (tertiary/aromatic N) is 1. The third-order valence-electron chi connectivity index (χ3n) is 7.74. The predicted octanol–water partition coefficient (Wildman–Crippen LogP) is 9.67. The molecule has 34 heavy (non-hydrogen) atoms. The van der Waals surface area contributed by atoms with E-state index in [9.17, 15) is 9.46 Å². The van der Waals surface area contributed by atoms with Crippen molar-refractivity contribution >= 4 is 8.03 Å². The summed E-state index contributed by atoms with van der Waals surface area (Å²) in [6, 6.07) is 0. The van der Waals surface area contributed by atoms with Gasteiger partial charge >= 0.3 is 8.03 Å². The highest BCUT2D eigenvalue weighted by Gasteiger charge is 2.52. The van der Waals surface area contributed by atoms with Crippen LogP contribution in [0.15, 0.2) is 12.2 Å². The first-order valence-electron chi connectivity index (χ1n) is 14.9. The van der Waals surface area contributed by atoms with Gasteiger partial charge in [0, 0.05) is 12.8 Å². The summed E-state index contributed by atoms with van der Waals surface area (Å²) in [6.45, 7) is 4.30. The average Bonchev–Trinajstić information content (AvgIpc) is 2.78. The number of hydrogen-bond donors (Lipinski definition) is 0. The number of quaternary nitrogens is 1. The number of allylic oxidation sites excluding steroid dienone is 2. The SMILES string of the molecule is CCCCCCCCCCCCCC/C=C\CCCCCCCCC(CC)([P+](=O)[O-])[N+](C)(C)C. The summed E-state index contributed by atoms with van der Waals surface area (Å²) in [5.74, 6) is 0. The van der Waals surface area contributed by atoms with Crippen LogP contribution in [0, 0.1) is 0 Å². The second-order valence-electron chi connectivity index (χ2n) is 11.4. The number of rotatable bonds is 25. The Morgan fingerprint density at radius 3 is 1.29 bits per heavy atom. The first-order chi connectivity index (χ1) is 16.3. The van der Waals surface area contributed by atoms with Crippen LogP contribution in [-0.4, -0.2) is 30.9 Å². The van der Waals surface area contributed by atoms with E-state index >= 15 is 0 Å². The minimum Gasteiger partial charge on any atom is -0.590 e. The third-order valence-corrected chi connectivity index (χ3v) is 9.56. The molecule has 4 heteroatoms. The van der Waals surface area contributed by atoms with Crippen molar-refractivity contribution in [2.75, 3.05) is 21.1 Å². The lowest BCUT2D eigenvalue weighted by Gasteiger charge is -2.39. The normalized spacial score (nSPS) is 14.6. The van der Waals surface area contributed by atoms with Crippen LogP contribution >= 0.6 is 8.03 Å². The Kier molecular flexibility index (Phi) is 21.8. The largest absolute Gasteiger partial charge is 0.590 e. The van der Waals surface area contributed by atoms with Gasteiger partial charge in [-0.05, 0) is 32.1 Å². The third kappa shape index (κ3) is 16.4. The standard InChI is InChI=1S/C30H61NO2P/c1-6-8-9-10-11-12-13-14-15-16-17-18-19-20-21-22-23-24-25-26-27-28-29-30(7-2,34(32)33)31(3,4)5/h20-21H,6-19,22-29H2,1-5H3/q+1/b21-20-. The van der Waals surface area contributed by atoms with Crippen LogP contribution in [0.5, 0.6) is 0 Å². The van der Waals surface area contributed by atoms with Gasteiger partial charge in [-0.1, -0.05) is 127 Å². The van der Waals surface area contributed by atoms with E-state index in [1.54, 1.807) is 0 Å². The van der Waals surface area contributed by atoms with Gasteiger partial charge in [-0.25, -0.2) is 0 Å². The zero-order valence-corrected chi connectivity index (χ0v) is 24.8. The molecule has 0 radical (unpaired) electrons. The summed E-state index contributed by atoms with van der Waals surface area (Å²) in [4.78, 5) is 12.0. The van der Waals surface area contributed by atoms with Crippen LogP contribution in [-0.2, 0) is 4.57 Å². The van der Waals surface area contributed by atoms with Crippen molar-refractivity contribution in [1.82, 2.24) is 0 Å². The van der Waals surface area contributed by atoms with Gasteiger partial charge in [-0.15, -0.1) is 0 Å². The molecule has 0 rings (SSSR count). The molecular formula is C30H61NO2P+. The van der Waals surface area contributed by atoms with Gasteiger partial charge in [0.2, 0.25) is 0 Å². The smallest absolute Gasteiger partial charge is 0.376 e. The van der Waals surface area contributed by atoms with Crippen molar-refractivity contribution < 1.29 is 13.9 Å². The number of unbranched alkanes of at least 4 members (excludes halogenated alkanes) is 18. The van der Waals surface area contributed by atoms with Gasteiger partial charge in [0.1, 0.15) is 0 Å². The fraction of sp³-hybridized carbons (Fsp3) is 0.933. The topological polar surface area (TPSA) is 40.1 Å². The zero-order valence-electron chi connectivity index (χ0n) is 23.9. The van der Waals surface area contributed by atoms with Crippen molar-refractivity contribution in [3.8, 4) is 0 Å². The van der Waals surface area contributed by atoms with E-state index < -0.39 is 13.3 Å². The van der Waals surface area contributed by atoms with Gasteiger partial charge in [-0.2, -0.15) is 0 Å². The summed E-state index contributed by atoms with van der Waals surface area (Å²) in [5.41, 5.74) is 0. The summed E-state index contributed by atoms with van der Waals surface area (Å²) >= 11 is 0. The van der Waals surface area contributed by atoms with Crippen LogP contribution in [0.25, 0.3) is 0 Å². The zero-order chi connectivity index (χ0) is 25.5. The van der Waals surface area contributed by atoms with E-state index in [-0.39, 0.29) is 0 Å². The van der Waals surface area contributed by atoms with Crippen LogP contribution in [0.2, 0.25) is 0 Å². The Bertz CT molecular complexity index is 501.